The molecule has 1 saturated heterocycles. The number of hydrogen-bond acceptors (Lipinski definition) is 6. The minimum atomic E-state index is -0.424. The van der Waals surface area contributed by atoms with E-state index >= 15 is 0 Å². The van der Waals surface area contributed by atoms with Crippen molar-refractivity contribution in [2.45, 2.75) is 6.10 Å². The molecule has 10 heteroatoms. The van der Waals surface area contributed by atoms with Crippen molar-refractivity contribution in [3.05, 3.63) is 24.3 Å². The third-order valence-electron chi connectivity index (χ3n) is 3.76. The first-order chi connectivity index (χ1) is 12.6. The van der Waals surface area contributed by atoms with Gasteiger partial charge in [-0.05, 0) is 36.5 Å². The van der Waals surface area contributed by atoms with Crippen molar-refractivity contribution in [1.29, 1.82) is 5.41 Å². The molecule has 0 radical (unpaired) electrons. The lowest BCUT2D eigenvalue weighted by Gasteiger charge is -2.20. The van der Waals surface area contributed by atoms with E-state index in [1.54, 1.807) is 29.2 Å². The highest BCUT2D eigenvalue weighted by Crippen LogP contribution is 2.24. The number of nitrogens with one attached hydrogen (secondary N) is 3. The fourth-order valence-corrected chi connectivity index (χ4v) is 2.53. The summed E-state index contributed by atoms with van der Waals surface area (Å²) in [6.07, 6.45) is 1.05. The van der Waals surface area contributed by atoms with Gasteiger partial charge in [0.1, 0.15) is 6.10 Å². The predicted molar refractivity (Wildman–Crippen MR) is 102 cm³/mol. The molecule has 0 spiro atoms. The maximum atomic E-state index is 12.1. The Morgan fingerprint density at radius 1 is 1.50 bits per heavy atom. The van der Waals surface area contributed by atoms with E-state index in [0.717, 1.165) is 5.69 Å². The van der Waals surface area contributed by atoms with Crippen LogP contribution in [0, 0.1) is 5.41 Å². The molecule has 0 bridgehead atoms. The Labute approximate surface area is 156 Å². The number of nitrogens with zero attached hydrogens (tertiary/aromatic N) is 2. The van der Waals surface area contributed by atoms with Gasteiger partial charge in [0.2, 0.25) is 6.41 Å². The first kappa shape index (κ1) is 19.4. The number of hydrogen-bond donors (Lipinski definition) is 3. The van der Waals surface area contributed by atoms with Gasteiger partial charge in [-0.3, -0.25) is 15.1 Å². The first-order valence-electron chi connectivity index (χ1n) is 7.93. The van der Waals surface area contributed by atoms with Gasteiger partial charge in [-0.25, -0.2) is 4.79 Å². The van der Waals surface area contributed by atoms with Crippen molar-refractivity contribution >= 4 is 47.6 Å². The summed E-state index contributed by atoms with van der Waals surface area (Å²) in [6, 6.07) is 7.19. The highest BCUT2D eigenvalue weighted by molar-refractivity contribution is 7.80. The SMILES string of the molecule is COC(=S)NCC1CN(c2ccc(N(C=N)CCNC=O)cc2)C(=O)O1. The summed E-state index contributed by atoms with van der Waals surface area (Å²) in [7, 11) is 1.47. The minimum absolute atomic E-state index is 0.250. The van der Waals surface area contributed by atoms with Crippen molar-refractivity contribution < 1.29 is 19.1 Å². The molecule has 0 aliphatic carbocycles. The predicted octanol–water partition coefficient (Wildman–Crippen LogP) is 0.692. The number of amides is 2. The van der Waals surface area contributed by atoms with Crippen LogP contribution in [0.3, 0.4) is 0 Å². The molecule has 2 rings (SSSR count). The van der Waals surface area contributed by atoms with E-state index in [4.69, 9.17) is 27.1 Å². The zero-order valence-electron chi connectivity index (χ0n) is 14.3. The van der Waals surface area contributed by atoms with Gasteiger partial charge in [0, 0.05) is 24.5 Å². The number of anilines is 2. The minimum Gasteiger partial charge on any atom is -0.474 e. The van der Waals surface area contributed by atoms with Crippen LogP contribution in [0.1, 0.15) is 0 Å². The number of ether oxygens (including phenoxy) is 2. The van der Waals surface area contributed by atoms with Gasteiger partial charge in [0.15, 0.2) is 0 Å². The second kappa shape index (κ2) is 9.56. The number of cyclic esters (lactones) is 1. The molecule has 1 unspecified atom stereocenters. The van der Waals surface area contributed by atoms with Gasteiger partial charge < -0.3 is 25.0 Å². The molecule has 1 aliphatic rings. The van der Waals surface area contributed by atoms with Gasteiger partial charge in [0.25, 0.3) is 5.17 Å². The molecule has 1 heterocycles. The standard InChI is InChI=1S/C16H21N5O4S/c1-24-15(26)19-8-14-9-21(16(23)25-14)13-4-2-12(3-5-13)20(10-17)7-6-18-11-22/h2-5,10-11,14,17H,6-9H2,1H3,(H,18,22)(H,19,26). The zero-order valence-corrected chi connectivity index (χ0v) is 15.1. The fraction of sp³-hybridized carbons (Fsp3) is 0.375. The van der Waals surface area contributed by atoms with Gasteiger partial charge in [0.05, 0.1) is 26.5 Å². The summed E-state index contributed by atoms with van der Waals surface area (Å²) in [5.74, 6) is 0. The summed E-state index contributed by atoms with van der Waals surface area (Å²) in [4.78, 5) is 25.6. The monoisotopic (exact) mass is 379 g/mol. The first-order valence-corrected chi connectivity index (χ1v) is 8.34. The molecular formula is C16H21N5O4S. The number of rotatable bonds is 9. The Morgan fingerprint density at radius 2 is 2.23 bits per heavy atom. The lowest BCUT2D eigenvalue weighted by atomic mass is 10.2. The molecule has 0 aromatic heterocycles. The van der Waals surface area contributed by atoms with E-state index in [1.165, 1.54) is 18.3 Å². The molecule has 1 atom stereocenters. The summed E-state index contributed by atoms with van der Waals surface area (Å²) >= 11 is 4.90. The van der Waals surface area contributed by atoms with E-state index in [1.807, 2.05) is 0 Å². The normalized spacial score (nSPS) is 15.8. The molecule has 1 fully saturated rings. The Kier molecular flexibility index (Phi) is 7.15. The van der Waals surface area contributed by atoms with Gasteiger partial charge in [-0.1, -0.05) is 0 Å². The third-order valence-corrected chi connectivity index (χ3v) is 4.07. The van der Waals surface area contributed by atoms with Crippen LogP contribution in [-0.4, -0.2) is 63.4 Å². The van der Waals surface area contributed by atoms with Crippen molar-refractivity contribution in [2.75, 3.05) is 43.1 Å². The third kappa shape index (κ3) is 5.06. The van der Waals surface area contributed by atoms with E-state index in [0.29, 0.717) is 38.3 Å². The molecule has 1 aromatic carbocycles. The number of carbonyl (C=O) groups is 2. The van der Waals surface area contributed by atoms with Crippen LogP contribution < -0.4 is 20.4 Å². The van der Waals surface area contributed by atoms with Crippen LogP contribution >= 0.6 is 12.2 Å². The molecule has 3 N–H and O–H groups in total. The quantitative estimate of drug-likeness (QED) is 0.191. The number of thiocarbonyl (C=S) groups is 1. The fourth-order valence-electron chi connectivity index (χ4n) is 2.44. The van der Waals surface area contributed by atoms with E-state index in [2.05, 4.69) is 10.6 Å². The summed E-state index contributed by atoms with van der Waals surface area (Å²) < 4.78 is 10.2. The van der Waals surface area contributed by atoms with Crippen LogP contribution in [-0.2, 0) is 14.3 Å². The Morgan fingerprint density at radius 3 is 2.85 bits per heavy atom. The van der Waals surface area contributed by atoms with Crippen molar-refractivity contribution in [3.8, 4) is 0 Å². The number of benzene rings is 1. The largest absolute Gasteiger partial charge is 0.474 e. The molecular weight excluding hydrogens is 358 g/mol. The Hall–Kier alpha value is -2.88. The molecule has 1 aliphatic heterocycles. The van der Waals surface area contributed by atoms with E-state index < -0.39 is 6.09 Å². The average Bonchev–Trinajstić information content (AvgIpc) is 3.04. The van der Waals surface area contributed by atoms with Crippen LogP contribution in [0.15, 0.2) is 24.3 Å². The lowest BCUT2D eigenvalue weighted by Crippen LogP contribution is -2.34. The average molecular weight is 379 g/mol. The topological polar surface area (TPSA) is 107 Å². The van der Waals surface area contributed by atoms with Crippen LogP contribution in [0.5, 0.6) is 0 Å². The Bertz CT molecular complexity index is 655. The summed E-state index contributed by atoms with van der Waals surface area (Å²) in [6.45, 7) is 1.67. The second-order valence-corrected chi connectivity index (χ2v) is 5.77. The zero-order chi connectivity index (χ0) is 18.9. The van der Waals surface area contributed by atoms with Crippen molar-refractivity contribution in [2.24, 2.45) is 0 Å². The van der Waals surface area contributed by atoms with Crippen molar-refractivity contribution in [1.82, 2.24) is 10.6 Å². The highest BCUT2D eigenvalue weighted by Gasteiger charge is 2.32. The van der Waals surface area contributed by atoms with Crippen LogP contribution in [0.4, 0.5) is 16.2 Å². The maximum Gasteiger partial charge on any atom is 0.414 e. The molecule has 140 valence electrons. The molecule has 1 aromatic rings. The second-order valence-electron chi connectivity index (χ2n) is 5.40. The molecule has 9 nitrogen and oxygen atoms in total. The summed E-state index contributed by atoms with van der Waals surface area (Å²) in [5.41, 5.74) is 1.49. The van der Waals surface area contributed by atoms with E-state index in [9.17, 15) is 9.59 Å². The van der Waals surface area contributed by atoms with Gasteiger partial charge in [-0.2, -0.15) is 0 Å². The van der Waals surface area contributed by atoms with Crippen LogP contribution in [0.25, 0.3) is 0 Å². The van der Waals surface area contributed by atoms with Crippen molar-refractivity contribution in [3.63, 3.8) is 0 Å². The Balaban J connectivity index is 1.96. The van der Waals surface area contributed by atoms with Gasteiger partial charge in [-0.15, -0.1) is 0 Å². The molecule has 0 saturated carbocycles. The van der Waals surface area contributed by atoms with E-state index in [-0.39, 0.29) is 11.3 Å². The lowest BCUT2D eigenvalue weighted by molar-refractivity contribution is -0.109. The number of methoxy groups -OCH3 is 1. The summed E-state index contributed by atoms with van der Waals surface area (Å²) in [5, 5.41) is 13.2. The smallest absolute Gasteiger partial charge is 0.414 e. The highest BCUT2D eigenvalue weighted by atomic mass is 32.1. The van der Waals surface area contributed by atoms with Crippen LogP contribution in [0.2, 0.25) is 0 Å². The molecule has 26 heavy (non-hydrogen) atoms. The number of carbonyl (C=O) groups excluding carboxylic acids is 2. The van der Waals surface area contributed by atoms with Gasteiger partial charge >= 0.3 is 6.09 Å². The molecule has 2 amide bonds. The maximum absolute atomic E-state index is 12.1.